The Morgan fingerprint density at radius 1 is 1.28 bits per heavy atom. The van der Waals surface area contributed by atoms with Crippen LogP contribution in [0.2, 0.25) is 0 Å². The number of rotatable bonds is 4. The summed E-state index contributed by atoms with van der Waals surface area (Å²) in [5.74, 6) is 0. The molecule has 0 amide bonds. The molecule has 1 fully saturated rings. The highest BCUT2D eigenvalue weighted by atomic mass is 127. The van der Waals surface area contributed by atoms with Gasteiger partial charge in [0.15, 0.2) is 6.29 Å². The zero-order valence-corrected chi connectivity index (χ0v) is 12.1. The Labute approximate surface area is 120 Å². The van der Waals surface area contributed by atoms with Gasteiger partial charge in [-0.15, -0.1) is 0 Å². The average Bonchev–Trinajstić information content (AvgIpc) is 2.41. The summed E-state index contributed by atoms with van der Waals surface area (Å²) in [6.07, 6.45) is -1.92. The summed E-state index contributed by atoms with van der Waals surface area (Å²) in [5.41, 5.74) is 1.09. The number of benzene rings is 1. The van der Waals surface area contributed by atoms with Gasteiger partial charge >= 0.3 is 0 Å². The largest absolute Gasteiger partial charge is 0.388 e. The van der Waals surface area contributed by atoms with E-state index in [-0.39, 0.29) is 12.2 Å². The molecule has 0 aliphatic carbocycles. The van der Waals surface area contributed by atoms with Crippen molar-refractivity contribution in [3.63, 3.8) is 0 Å². The third-order valence-electron chi connectivity index (χ3n) is 2.99. The highest BCUT2D eigenvalue weighted by molar-refractivity contribution is 14.1. The van der Waals surface area contributed by atoms with Crippen LogP contribution in [0, 0.1) is 0 Å². The van der Waals surface area contributed by atoms with Crippen molar-refractivity contribution in [2.24, 2.45) is 0 Å². The molecule has 0 bridgehead atoms. The first-order valence-electron chi connectivity index (χ1n) is 5.94. The van der Waals surface area contributed by atoms with Gasteiger partial charge in [-0.2, -0.15) is 0 Å². The van der Waals surface area contributed by atoms with Crippen molar-refractivity contribution in [2.45, 2.75) is 37.6 Å². The molecule has 2 N–H and O–H groups in total. The Kier molecular flexibility index (Phi) is 5.38. The minimum atomic E-state index is -1.10. The molecule has 100 valence electrons. The van der Waals surface area contributed by atoms with E-state index in [1.165, 1.54) is 0 Å². The van der Waals surface area contributed by atoms with Gasteiger partial charge in [-0.1, -0.05) is 52.9 Å². The van der Waals surface area contributed by atoms with Gasteiger partial charge in [-0.05, 0) is 5.56 Å². The smallest absolute Gasteiger partial charge is 0.181 e. The van der Waals surface area contributed by atoms with E-state index in [1.807, 2.05) is 30.3 Å². The molecule has 0 unspecified atom stereocenters. The second-order valence-electron chi connectivity index (χ2n) is 4.36. The summed E-state index contributed by atoms with van der Waals surface area (Å²) in [4.78, 5) is 0. The lowest BCUT2D eigenvalue weighted by molar-refractivity contribution is -0.248. The van der Waals surface area contributed by atoms with Crippen molar-refractivity contribution < 1.29 is 19.7 Å². The third kappa shape index (κ3) is 3.64. The quantitative estimate of drug-likeness (QED) is 0.628. The van der Waals surface area contributed by atoms with Gasteiger partial charge in [0.2, 0.25) is 0 Å². The zero-order valence-electron chi connectivity index (χ0n) is 9.91. The maximum atomic E-state index is 9.60. The summed E-state index contributed by atoms with van der Waals surface area (Å²) in [6.45, 7) is 0.491. The molecule has 0 saturated carbocycles. The fraction of sp³-hybridized carbons (Fsp3) is 0.538. The van der Waals surface area contributed by atoms with Gasteiger partial charge in [-0.3, -0.25) is 0 Å². The van der Waals surface area contributed by atoms with Crippen LogP contribution in [0.25, 0.3) is 0 Å². The molecule has 4 nitrogen and oxygen atoms in total. The van der Waals surface area contributed by atoms with Crippen molar-refractivity contribution in [1.82, 2.24) is 0 Å². The minimum Gasteiger partial charge on any atom is -0.388 e. The second kappa shape index (κ2) is 6.81. The average molecular weight is 364 g/mol. The van der Waals surface area contributed by atoms with Gasteiger partial charge in [0.25, 0.3) is 0 Å². The molecule has 5 heteroatoms. The summed E-state index contributed by atoms with van der Waals surface area (Å²) < 4.78 is 11.8. The number of alkyl halides is 1. The lowest BCUT2D eigenvalue weighted by Gasteiger charge is -2.36. The molecule has 2 rings (SSSR count). The van der Waals surface area contributed by atoms with E-state index in [9.17, 15) is 10.2 Å². The molecular weight excluding hydrogens is 347 g/mol. The predicted molar refractivity (Wildman–Crippen MR) is 75.4 cm³/mol. The molecule has 0 spiro atoms. The topological polar surface area (TPSA) is 58.9 Å². The normalized spacial score (nSPS) is 32.4. The standard InChI is InChI=1S/C13H17IO4/c14-7-12-11(6-10(15)13(16)18-12)17-8-9-4-2-1-3-5-9/h1-5,10-13,15-16H,6-8H2/t10-,11+,12-,13+/m1/s1. The predicted octanol–water partition coefficient (Wildman–Crippen LogP) is 1.48. The number of aliphatic hydroxyl groups is 2. The molecular formula is C13H17IO4. The van der Waals surface area contributed by atoms with Crippen LogP contribution >= 0.6 is 22.6 Å². The number of hydrogen-bond donors (Lipinski definition) is 2. The van der Waals surface area contributed by atoms with Crippen molar-refractivity contribution >= 4 is 22.6 Å². The maximum Gasteiger partial charge on any atom is 0.181 e. The summed E-state index contributed by atoms with van der Waals surface area (Å²) in [5, 5.41) is 19.1. The first kappa shape index (κ1) is 14.2. The van der Waals surface area contributed by atoms with E-state index < -0.39 is 12.4 Å². The Hall–Kier alpha value is -0.210. The molecule has 1 aromatic carbocycles. The molecule has 18 heavy (non-hydrogen) atoms. The molecule has 1 aliphatic rings. The van der Waals surface area contributed by atoms with Crippen molar-refractivity contribution in [3.05, 3.63) is 35.9 Å². The molecule has 0 aromatic heterocycles. The maximum absolute atomic E-state index is 9.60. The van der Waals surface area contributed by atoms with Crippen molar-refractivity contribution in [3.8, 4) is 0 Å². The molecule has 1 heterocycles. The highest BCUT2D eigenvalue weighted by Crippen LogP contribution is 2.24. The summed E-state index contributed by atoms with van der Waals surface area (Å²) in [6, 6.07) is 9.87. The van der Waals surface area contributed by atoms with Crippen LogP contribution in [-0.2, 0) is 16.1 Å². The van der Waals surface area contributed by atoms with Crippen LogP contribution in [0.15, 0.2) is 30.3 Å². The van der Waals surface area contributed by atoms with Gasteiger partial charge in [0.05, 0.1) is 18.8 Å². The Morgan fingerprint density at radius 3 is 2.67 bits per heavy atom. The fourth-order valence-electron chi connectivity index (χ4n) is 1.95. The highest BCUT2D eigenvalue weighted by Gasteiger charge is 2.36. The van der Waals surface area contributed by atoms with Gasteiger partial charge in [-0.25, -0.2) is 0 Å². The number of halogens is 1. The fourth-order valence-corrected chi connectivity index (χ4v) is 2.73. The van der Waals surface area contributed by atoms with E-state index in [0.29, 0.717) is 13.0 Å². The lowest BCUT2D eigenvalue weighted by atomic mass is 10.0. The lowest BCUT2D eigenvalue weighted by Crippen LogP contribution is -2.48. The van der Waals surface area contributed by atoms with Crippen LogP contribution in [0.1, 0.15) is 12.0 Å². The van der Waals surface area contributed by atoms with E-state index in [2.05, 4.69) is 22.6 Å². The van der Waals surface area contributed by atoms with Gasteiger partial charge in [0.1, 0.15) is 6.10 Å². The Balaban J connectivity index is 1.91. The Morgan fingerprint density at radius 2 is 2.00 bits per heavy atom. The van der Waals surface area contributed by atoms with Crippen LogP contribution in [0.4, 0.5) is 0 Å². The van der Waals surface area contributed by atoms with E-state index >= 15 is 0 Å². The van der Waals surface area contributed by atoms with Gasteiger partial charge in [0, 0.05) is 10.8 Å². The number of hydrogen-bond acceptors (Lipinski definition) is 4. The minimum absolute atomic E-state index is 0.173. The van der Waals surface area contributed by atoms with Crippen LogP contribution in [-0.4, -0.2) is 39.2 Å². The first-order chi connectivity index (χ1) is 8.70. The zero-order chi connectivity index (χ0) is 13.0. The SMILES string of the molecule is O[C@@H]1C[C@H](OCc2ccccc2)[C@@H](CI)O[C@@H]1O. The van der Waals surface area contributed by atoms with Gasteiger partial charge < -0.3 is 19.7 Å². The Bertz CT molecular complexity index is 359. The first-order valence-corrected chi connectivity index (χ1v) is 7.46. The molecule has 0 radical (unpaired) electrons. The number of ether oxygens (including phenoxy) is 2. The molecule has 1 saturated heterocycles. The van der Waals surface area contributed by atoms with Crippen molar-refractivity contribution in [1.29, 1.82) is 0 Å². The van der Waals surface area contributed by atoms with E-state index in [1.54, 1.807) is 0 Å². The van der Waals surface area contributed by atoms with E-state index in [0.717, 1.165) is 9.99 Å². The molecule has 1 aromatic rings. The number of aliphatic hydroxyl groups excluding tert-OH is 2. The second-order valence-corrected chi connectivity index (χ2v) is 5.24. The van der Waals surface area contributed by atoms with Crippen LogP contribution < -0.4 is 0 Å². The van der Waals surface area contributed by atoms with Crippen LogP contribution in [0.5, 0.6) is 0 Å². The molecule has 4 atom stereocenters. The summed E-state index contributed by atoms with van der Waals surface area (Å²) in [7, 11) is 0. The van der Waals surface area contributed by atoms with E-state index in [4.69, 9.17) is 9.47 Å². The molecule has 1 aliphatic heterocycles. The third-order valence-corrected chi connectivity index (χ3v) is 3.86. The van der Waals surface area contributed by atoms with Crippen molar-refractivity contribution in [2.75, 3.05) is 4.43 Å². The van der Waals surface area contributed by atoms with Crippen LogP contribution in [0.3, 0.4) is 0 Å². The summed E-state index contributed by atoms with van der Waals surface area (Å²) >= 11 is 2.20. The monoisotopic (exact) mass is 364 g/mol.